The molecule has 0 unspecified atom stereocenters. The highest BCUT2D eigenvalue weighted by Crippen LogP contribution is 2.35. The van der Waals surface area contributed by atoms with Crippen LogP contribution in [0.2, 0.25) is 4.47 Å². The Balaban J connectivity index is 1.75. The number of anilines is 1. The Morgan fingerprint density at radius 1 is 1.00 bits per heavy atom. The minimum absolute atomic E-state index is 0.0562. The molecule has 0 spiro atoms. The Labute approximate surface area is 204 Å². The molecular formula is C23H18ClN5O3S2. The van der Waals surface area contributed by atoms with Crippen LogP contribution >= 0.6 is 22.9 Å². The predicted molar refractivity (Wildman–Crippen MR) is 135 cm³/mol. The van der Waals surface area contributed by atoms with Gasteiger partial charge in [0, 0.05) is 27.9 Å². The van der Waals surface area contributed by atoms with Crippen LogP contribution in [0.15, 0.2) is 77.7 Å². The number of halogens is 1. The van der Waals surface area contributed by atoms with E-state index < -0.39 is 15.9 Å². The number of nitrogens with zero attached hydrogens (tertiary/aromatic N) is 1. The van der Waals surface area contributed by atoms with Crippen LogP contribution in [-0.2, 0) is 10.0 Å². The number of nitrogen functional groups attached to an aromatic ring is 1. The highest BCUT2D eigenvalue weighted by Gasteiger charge is 2.22. The summed E-state index contributed by atoms with van der Waals surface area (Å²) >= 11 is 7.14. The van der Waals surface area contributed by atoms with E-state index in [4.69, 9.17) is 27.9 Å². The van der Waals surface area contributed by atoms with E-state index >= 15 is 0 Å². The van der Waals surface area contributed by atoms with E-state index in [0.29, 0.717) is 33.6 Å². The van der Waals surface area contributed by atoms with Gasteiger partial charge in [-0.1, -0.05) is 77.5 Å². The Morgan fingerprint density at radius 2 is 1.68 bits per heavy atom. The van der Waals surface area contributed by atoms with Gasteiger partial charge in [-0.15, -0.1) is 0 Å². The molecule has 0 saturated heterocycles. The maximum Gasteiger partial charge on any atom is 0.268 e. The summed E-state index contributed by atoms with van der Waals surface area (Å²) in [6.07, 6.45) is 0. The molecule has 172 valence electrons. The number of rotatable bonds is 6. The standard InChI is InChI=1S/C23H18ClN5O3S2/c24-23-29-19(13-6-5-7-14(12-13)21(25)26)20(33-23)22(30)28-17-10-3-1-8-15(17)16-9-2-4-11-18(16)34(27,31)32/h1-12H,(H3,25,26)(H,28,30)(H2,27,31,32). The number of benzene rings is 3. The van der Waals surface area contributed by atoms with E-state index in [2.05, 4.69) is 10.3 Å². The highest BCUT2D eigenvalue weighted by atomic mass is 35.5. The number of amidine groups is 1. The van der Waals surface area contributed by atoms with Gasteiger partial charge in [-0.25, -0.2) is 18.5 Å². The first-order valence-electron chi connectivity index (χ1n) is 9.79. The molecule has 11 heteroatoms. The van der Waals surface area contributed by atoms with Crippen molar-refractivity contribution in [3.05, 3.63) is 87.7 Å². The van der Waals surface area contributed by atoms with E-state index in [1.54, 1.807) is 66.7 Å². The molecule has 0 atom stereocenters. The number of carbonyl (C=O) groups is 1. The quantitative estimate of drug-likeness (QED) is 0.224. The van der Waals surface area contributed by atoms with Crippen molar-refractivity contribution in [1.29, 1.82) is 5.41 Å². The van der Waals surface area contributed by atoms with Crippen molar-refractivity contribution in [1.82, 2.24) is 4.98 Å². The van der Waals surface area contributed by atoms with Gasteiger partial charge in [-0.2, -0.15) is 0 Å². The highest BCUT2D eigenvalue weighted by molar-refractivity contribution is 7.89. The zero-order chi connectivity index (χ0) is 24.5. The topological polar surface area (TPSA) is 152 Å². The summed E-state index contributed by atoms with van der Waals surface area (Å²) < 4.78 is 24.4. The second kappa shape index (κ2) is 9.35. The molecule has 0 aliphatic carbocycles. The molecule has 34 heavy (non-hydrogen) atoms. The van der Waals surface area contributed by atoms with Crippen LogP contribution in [0.5, 0.6) is 0 Å². The molecule has 0 aliphatic heterocycles. The second-order valence-corrected chi connectivity index (χ2v) is 10.3. The maximum atomic E-state index is 13.3. The number of primary sulfonamides is 1. The molecule has 0 bridgehead atoms. The van der Waals surface area contributed by atoms with Gasteiger partial charge in [-0.3, -0.25) is 10.2 Å². The molecule has 4 rings (SSSR count). The number of carbonyl (C=O) groups excluding carboxylic acids is 1. The van der Waals surface area contributed by atoms with Crippen molar-refractivity contribution < 1.29 is 13.2 Å². The monoisotopic (exact) mass is 511 g/mol. The minimum Gasteiger partial charge on any atom is -0.384 e. The van der Waals surface area contributed by atoms with Crippen LogP contribution < -0.4 is 16.2 Å². The van der Waals surface area contributed by atoms with Crippen molar-refractivity contribution >= 4 is 50.4 Å². The number of amides is 1. The molecule has 8 nitrogen and oxygen atoms in total. The maximum absolute atomic E-state index is 13.3. The molecule has 4 aromatic rings. The second-order valence-electron chi connectivity index (χ2n) is 7.18. The van der Waals surface area contributed by atoms with Gasteiger partial charge in [0.15, 0.2) is 4.47 Å². The first kappa shape index (κ1) is 23.6. The SMILES string of the molecule is N=C(N)c1cccc(-c2nc(Cl)sc2C(=O)Nc2ccccc2-c2ccccc2S(N)(=O)=O)c1. The summed E-state index contributed by atoms with van der Waals surface area (Å²) in [6.45, 7) is 0. The summed E-state index contributed by atoms with van der Waals surface area (Å²) in [5.41, 5.74) is 8.22. The Morgan fingerprint density at radius 3 is 2.38 bits per heavy atom. The minimum atomic E-state index is -4.00. The number of nitrogens with two attached hydrogens (primary N) is 2. The van der Waals surface area contributed by atoms with Crippen molar-refractivity contribution in [3.8, 4) is 22.4 Å². The van der Waals surface area contributed by atoms with E-state index in [1.807, 2.05) is 0 Å². The van der Waals surface area contributed by atoms with Crippen molar-refractivity contribution in [2.75, 3.05) is 5.32 Å². The lowest BCUT2D eigenvalue weighted by atomic mass is 10.0. The Kier molecular flexibility index (Phi) is 6.49. The molecule has 1 aromatic heterocycles. The van der Waals surface area contributed by atoms with Crippen LogP contribution in [0.4, 0.5) is 5.69 Å². The number of thiazole rings is 1. The van der Waals surface area contributed by atoms with E-state index in [1.165, 1.54) is 6.07 Å². The summed E-state index contributed by atoms with van der Waals surface area (Å²) in [4.78, 5) is 17.8. The number of nitrogens with one attached hydrogen (secondary N) is 2. The van der Waals surface area contributed by atoms with Crippen molar-refractivity contribution in [3.63, 3.8) is 0 Å². The van der Waals surface area contributed by atoms with E-state index in [9.17, 15) is 13.2 Å². The molecule has 0 radical (unpaired) electrons. The third-order valence-electron chi connectivity index (χ3n) is 4.91. The largest absolute Gasteiger partial charge is 0.384 e. The predicted octanol–water partition coefficient (Wildman–Crippen LogP) is 4.31. The van der Waals surface area contributed by atoms with Gasteiger partial charge in [0.2, 0.25) is 10.0 Å². The average molecular weight is 512 g/mol. The zero-order valence-electron chi connectivity index (χ0n) is 17.4. The van der Waals surface area contributed by atoms with Crippen LogP contribution in [0.3, 0.4) is 0 Å². The van der Waals surface area contributed by atoms with E-state index in [0.717, 1.165) is 11.3 Å². The van der Waals surface area contributed by atoms with Gasteiger partial charge in [0.1, 0.15) is 10.7 Å². The summed E-state index contributed by atoms with van der Waals surface area (Å²) in [6, 6.07) is 19.9. The fraction of sp³-hybridized carbons (Fsp3) is 0. The van der Waals surface area contributed by atoms with Crippen molar-refractivity contribution in [2.45, 2.75) is 4.90 Å². The molecule has 1 heterocycles. The number of hydrogen-bond donors (Lipinski definition) is 4. The molecule has 0 fully saturated rings. The number of hydrogen-bond acceptors (Lipinski definition) is 6. The summed E-state index contributed by atoms with van der Waals surface area (Å²) in [5, 5.41) is 15.9. The van der Waals surface area contributed by atoms with Gasteiger partial charge in [0.25, 0.3) is 5.91 Å². The molecular weight excluding hydrogens is 494 g/mol. The fourth-order valence-electron chi connectivity index (χ4n) is 3.42. The lowest BCUT2D eigenvalue weighted by Crippen LogP contribution is -2.15. The van der Waals surface area contributed by atoms with Crippen LogP contribution in [-0.4, -0.2) is 25.1 Å². The lowest BCUT2D eigenvalue weighted by Gasteiger charge is -2.14. The van der Waals surface area contributed by atoms with E-state index in [-0.39, 0.29) is 20.1 Å². The third kappa shape index (κ3) is 4.85. The number of para-hydroxylation sites is 1. The Hall–Kier alpha value is -3.57. The smallest absolute Gasteiger partial charge is 0.268 e. The van der Waals surface area contributed by atoms with Gasteiger partial charge in [-0.05, 0) is 18.2 Å². The number of sulfonamides is 1. The molecule has 1 amide bonds. The van der Waals surface area contributed by atoms with Crippen LogP contribution in [0, 0.1) is 5.41 Å². The van der Waals surface area contributed by atoms with Crippen LogP contribution in [0.25, 0.3) is 22.4 Å². The Bertz CT molecular complexity index is 1530. The van der Waals surface area contributed by atoms with Crippen LogP contribution in [0.1, 0.15) is 15.2 Å². The first-order valence-corrected chi connectivity index (χ1v) is 12.5. The van der Waals surface area contributed by atoms with Gasteiger partial charge in [0.05, 0.1) is 10.6 Å². The molecule has 0 saturated carbocycles. The summed E-state index contributed by atoms with van der Waals surface area (Å²) in [7, 11) is -4.00. The summed E-state index contributed by atoms with van der Waals surface area (Å²) in [5.74, 6) is -0.593. The lowest BCUT2D eigenvalue weighted by molar-refractivity contribution is 0.103. The first-order chi connectivity index (χ1) is 16.1. The third-order valence-corrected chi connectivity index (χ3v) is 7.04. The van der Waals surface area contributed by atoms with Gasteiger partial charge < -0.3 is 11.1 Å². The normalized spacial score (nSPS) is 11.2. The molecule has 3 aromatic carbocycles. The number of aromatic nitrogens is 1. The zero-order valence-corrected chi connectivity index (χ0v) is 19.8. The molecule has 6 N–H and O–H groups in total. The van der Waals surface area contributed by atoms with Crippen molar-refractivity contribution in [2.24, 2.45) is 10.9 Å². The average Bonchev–Trinajstić information content (AvgIpc) is 3.21. The van der Waals surface area contributed by atoms with Gasteiger partial charge >= 0.3 is 0 Å². The fourth-order valence-corrected chi connectivity index (χ4v) is 5.20. The molecule has 0 aliphatic rings.